The van der Waals surface area contributed by atoms with Crippen LogP contribution in [-0.2, 0) is 0 Å². The zero-order chi connectivity index (χ0) is 27.4. The Morgan fingerprint density at radius 1 is 0.556 bits per heavy atom. The molecule has 36 heavy (non-hydrogen) atoms. The van der Waals surface area contributed by atoms with Crippen molar-refractivity contribution in [3.05, 3.63) is 0 Å². The van der Waals surface area contributed by atoms with Crippen molar-refractivity contribution in [1.29, 1.82) is 0 Å². The maximum absolute atomic E-state index is 3.60. The first-order valence-corrected chi connectivity index (χ1v) is 16.0. The summed E-state index contributed by atoms with van der Waals surface area (Å²) in [7, 11) is 0. The second kappa shape index (κ2) is 17.5. The lowest BCUT2D eigenvalue weighted by molar-refractivity contribution is 0.129. The molecule has 0 radical (unpaired) electrons. The third-order valence-corrected chi connectivity index (χ3v) is 9.77. The smallest absolute Gasteiger partial charge is 0.00928 e. The molecule has 3 heterocycles. The number of rotatable bonds is 6. The van der Waals surface area contributed by atoms with Crippen LogP contribution < -0.4 is 10.6 Å². The van der Waals surface area contributed by atoms with Gasteiger partial charge in [0.15, 0.2) is 0 Å². The van der Waals surface area contributed by atoms with Gasteiger partial charge in [0, 0.05) is 12.1 Å². The summed E-state index contributed by atoms with van der Waals surface area (Å²) in [6, 6.07) is 1.52. The lowest BCUT2D eigenvalue weighted by Crippen LogP contribution is -2.42. The molecular formula is C33H69N3. The summed E-state index contributed by atoms with van der Waals surface area (Å²) in [5, 5.41) is 7.10. The molecule has 0 spiro atoms. The van der Waals surface area contributed by atoms with Crippen molar-refractivity contribution in [2.45, 2.75) is 127 Å². The van der Waals surface area contributed by atoms with E-state index in [2.05, 4.69) is 98.6 Å². The average molecular weight is 508 g/mol. The normalized spacial score (nSPS) is 28.5. The minimum Gasteiger partial charge on any atom is -0.316 e. The SMILES string of the molecule is CC(C)C1CCN(C(C)C)CC1.CC(C)C1CCNC(C(C)C)C1.CC(C)C1CCNCC1C(C)C. The monoisotopic (exact) mass is 508 g/mol. The standard InChI is InChI=1S/3C11H23N/c1-9(2)11-5-7-12(8-6-11)10(3)4;1-8(2)10-5-6-12-7-11(10)9(3)4;1-8(2)10-5-6-12-11(7-10)9(3)4/h9-11H,5-8H2,1-4H3;2*8-12H,5-7H2,1-4H3. The topological polar surface area (TPSA) is 27.3 Å². The van der Waals surface area contributed by atoms with Crippen LogP contribution in [0.4, 0.5) is 0 Å². The Kier molecular flexibility index (Phi) is 16.4. The zero-order valence-electron chi connectivity index (χ0n) is 26.9. The average Bonchev–Trinajstić information content (AvgIpc) is 2.84. The molecule has 2 N–H and O–H groups in total. The summed E-state index contributed by atoms with van der Waals surface area (Å²) in [6.45, 7) is 34.4. The van der Waals surface area contributed by atoms with E-state index in [1.54, 1.807) is 0 Å². The predicted octanol–water partition coefficient (Wildman–Crippen LogP) is 7.95. The number of hydrogen-bond acceptors (Lipinski definition) is 3. The molecule has 0 amide bonds. The van der Waals surface area contributed by atoms with Gasteiger partial charge in [-0.2, -0.15) is 0 Å². The number of hydrogen-bond donors (Lipinski definition) is 2. The van der Waals surface area contributed by atoms with Crippen molar-refractivity contribution in [1.82, 2.24) is 15.5 Å². The summed E-state index contributed by atoms with van der Waals surface area (Å²) in [6.07, 6.45) is 6.96. The fourth-order valence-corrected chi connectivity index (χ4v) is 6.66. The second-order valence-electron chi connectivity index (χ2n) is 14.4. The first-order valence-electron chi connectivity index (χ1n) is 16.0. The lowest BCUT2D eigenvalue weighted by atomic mass is 9.74. The maximum atomic E-state index is 3.60. The van der Waals surface area contributed by atoms with Crippen LogP contribution in [0.2, 0.25) is 0 Å². The molecule has 216 valence electrons. The van der Waals surface area contributed by atoms with E-state index in [1.165, 1.54) is 64.8 Å². The minimum absolute atomic E-state index is 0.748. The molecular weight excluding hydrogens is 438 g/mol. The third-order valence-electron chi connectivity index (χ3n) is 9.77. The van der Waals surface area contributed by atoms with Crippen molar-refractivity contribution in [2.24, 2.45) is 53.3 Å². The van der Waals surface area contributed by atoms with E-state index in [4.69, 9.17) is 0 Å². The Labute approximate surface area is 228 Å². The Balaban J connectivity index is 0.000000270. The van der Waals surface area contributed by atoms with Gasteiger partial charge in [-0.15, -0.1) is 0 Å². The molecule has 3 fully saturated rings. The molecule has 3 aliphatic heterocycles. The highest BCUT2D eigenvalue weighted by atomic mass is 15.1. The summed E-state index contributed by atoms with van der Waals surface area (Å²) in [5.41, 5.74) is 0. The molecule has 3 heteroatoms. The van der Waals surface area contributed by atoms with Crippen molar-refractivity contribution in [3.63, 3.8) is 0 Å². The molecule has 3 nitrogen and oxygen atoms in total. The molecule has 3 aliphatic rings. The molecule has 0 aromatic carbocycles. The van der Waals surface area contributed by atoms with Crippen LogP contribution in [0.3, 0.4) is 0 Å². The maximum Gasteiger partial charge on any atom is 0.00928 e. The molecule has 0 saturated carbocycles. The van der Waals surface area contributed by atoms with Gasteiger partial charge < -0.3 is 15.5 Å². The van der Waals surface area contributed by atoms with Crippen LogP contribution in [0.15, 0.2) is 0 Å². The van der Waals surface area contributed by atoms with Crippen molar-refractivity contribution < 1.29 is 0 Å². The van der Waals surface area contributed by atoms with Crippen LogP contribution in [-0.4, -0.2) is 49.7 Å². The summed E-state index contributed by atoms with van der Waals surface area (Å²) in [5.74, 6) is 8.05. The van der Waals surface area contributed by atoms with E-state index < -0.39 is 0 Å². The van der Waals surface area contributed by atoms with Gasteiger partial charge in [-0.05, 0) is 132 Å². The van der Waals surface area contributed by atoms with Gasteiger partial charge in [0.25, 0.3) is 0 Å². The van der Waals surface area contributed by atoms with Gasteiger partial charge >= 0.3 is 0 Å². The van der Waals surface area contributed by atoms with Gasteiger partial charge in [-0.25, -0.2) is 0 Å². The van der Waals surface area contributed by atoms with Gasteiger partial charge in [-0.3, -0.25) is 0 Å². The lowest BCUT2D eigenvalue weighted by Gasteiger charge is -2.37. The molecule has 0 aromatic heterocycles. The molecule has 3 saturated heterocycles. The van der Waals surface area contributed by atoms with Crippen LogP contribution in [0.5, 0.6) is 0 Å². The fourth-order valence-electron chi connectivity index (χ4n) is 6.66. The fraction of sp³-hybridized carbons (Fsp3) is 1.00. The molecule has 3 rings (SSSR count). The van der Waals surface area contributed by atoms with E-state index >= 15 is 0 Å². The first-order chi connectivity index (χ1) is 16.8. The molecule has 4 unspecified atom stereocenters. The highest BCUT2D eigenvalue weighted by molar-refractivity contribution is 4.82. The van der Waals surface area contributed by atoms with E-state index in [0.717, 1.165) is 65.3 Å². The Morgan fingerprint density at radius 3 is 1.53 bits per heavy atom. The van der Waals surface area contributed by atoms with Gasteiger partial charge in [-0.1, -0.05) is 69.2 Å². The van der Waals surface area contributed by atoms with Gasteiger partial charge in [0.2, 0.25) is 0 Å². The largest absolute Gasteiger partial charge is 0.316 e. The Morgan fingerprint density at radius 2 is 1.11 bits per heavy atom. The summed E-state index contributed by atoms with van der Waals surface area (Å²) in [4.78, 5) is 2.60. The van der Waals surface area contributed by atoms with Crippen LogP contribution >= 0.6 is 0 Å². The molecule has 0 aliphatic carbocycles. The van der Waals surface area contributed by atoms with Crippen molar-refractivity contribution in [3.8, 4) is 0 Å². The van der Waals surface area contributed by atoms with Crippen molar-refractivity contribution in [2.75, 3.05) is 32.7 Å². The number of piperidine rings is 3. The zero-order valence-corrected chi connectivity index (χ0v) is 26.9. The number of nitrogens with one attached hydrogen (secondary N) is 2. The summed E-state index contributed by atoms with van der Waals surface area (Å²) >= 11 is 0. The van der Waals surface area contributed by atoms with Crippen LogP contribution in [0, 0.1) is 53.3 Å². The predicted molar refractivity (Wildman–Crippen MR) is 163 cm³/mol. The molecule has 0 bridgehead atoms. The highest BCUT2D eigenvalue weighted by Crippen LogP contribution is 2.31. The molecule has 0 aromatic rings. The van der Waals surface area contributed by atoms with Crippen LogP contribution in [0.1, 0.15) is 115 Å². The Hall–Kier alpha value is -0.120. The number of nitrogens with zero attached hydrogens (tertiary/aromatic N) is 1. The van der Waals surface area contributed by atoms with Crippen molar-refractivity contribution >= 4 is 0 Å². The van der Waals surface area contributed by atoms with E-state index in [9.17, 15) is 0 Å². The van der Waals surface area contributed by atoms with Gasteiger partial charge in [0.05, 0.1) is 0 Å². The van der Waals surface area contributed by atoms with E-state index in [1.807, 2.05) is 0 Å². The van der Waals surface area contributed by atoms with E-state index in [0.29, 0.717) is 0 Å². The first kappa shape index (κ1) is 33.9. The Bertz CT molecular complexity index is 485. The van der Waals surface area contributed by atoms with Gasteiger partial charge in [0.1, 0.15) is 0 Å². The third kappa shape index (κ3) is 12.2. The second-order valence-corrected chi connectivity index (χ2v) is 14.4. The quantitative estimate of drug-likeness (QED) is 0.382. The minimum atomic E-state index is 0.748. The summed E-state index contributed by atoms with van der Waals surface area (Å²) < 4.78 is 0. The number of likely N-dealkylation sites (tertiary alicyclic amines) is 1. The molecule has 4 atom stereocenters. The van der Waals surface area contributed by atoms with E-state index in [-0.39, 0.29) is 0 Å². The van der Waals surface area contributed by atoms with Crippen LogP contribution in [0.25, 0.3) is 0 Å². The highest BCUT2D eigenvalue weighted by Gasteiger charge is 2.29.